The van der Waals surface area contributed by atoms with E-state index < -0.39 is 0 Å². The number of ether oxygens (including phenoxy) is 1. The number of hydrogen-bond acceptors (Lipinski definition) is 7. The lowest BCUT2D eigenvalue weighted by Crippen LogP contribution is -2.50. The lowest BCUT2D eigenvalue weighted by molar-refractivity contribution is 0.0973. The Kier molecular flexibility index (Phi) is 6.59. The zero-order valence-corrected chi connectivity index (χ0v) is 21.4. The monoisotopic (exact) mass is 498 g/mol. The minimum Gasteiger partial charge on any atom is -0.376 e. The molecule has 0 amide bonds. The highest BCUT2D eigenvalue weighted by Crippen LogP contribution is 2.42. The van der Waals surface area contributed by atoms with E-state index in [1.54, 1.807) is 11.8 Å². The van der Waals surface area contributed by atoms with Crippen molar-refractivity contribution in [2.75, 3.05) is 24.6 Å². The zero-order valence-electron chi connectivity index (χ0n) is 19.8. The number of hydrogen-bond donors (Lipinski definition) is 1. The second-order valence-corrected chi connectivity index (χ2v) is 11.1. The van der Waals surface area contributed by atoms with Crippen molar-refractivity contribution >= 4 is 29.3 Å². The molecule has 1 spiro atoms. The maximum atomic E-state index is 6.78. The maximum Gasteiger partial charge on any atom is 0.225 e. The third kappa shape index (κ3) is 4.44. The van der Waals surface area contributed by atoms with Crippen LogP contribution in [-0.4, -0.2) is 51.6 Å². The van der Waals surface area contributed by atoms with Crippen LogP contribution in [0.5, 0.6) is 0 Å². The van der Waals surface area contributed by atoms with Gasteiger partial charge >= 0.3 is 0 Å². The van der Waals surface area contributed by atoms with Crippen LogP contribution in [0.2, 0.25) is 5.02 Å². The number of nitrogens with two attached hydrogens (primary N) is 1. The summed E-state index contributed by atoms with van der Waals surface area (Å²) >= 11 is 8.34. The number of rotatable bonds is 5. The third-order valence-corrected chi connectivity index (χ3v) is 8.63. The standard InChI is InChI=1S/C25H31ClN6OS/c1-16(2)32-10-7-20(30-32)19-5-4-6-21(22(19)26)34-18-13-28-24(29-14-18)31-11-8-25(9-12-31)15-33-17(3)23(25)27/h4-7,10,13-14,16-17,23H,8-9,11-12,15,27H2,1-3H3/t17-,23+/m0/s1. The summed E-state index contributed by atoms with van der Waals surface area (Å²) < 4.78 is 7.77. The predicted octanol–water partition coefficient (Wildman–Crippen LogP) is 5.06. The first-order chi connectivity index (χ1) is 16.4. The first kappa shape index (κ1) is 23.6. The molecule has 180 valence electrons. The van der Waals surface area contributed by atoms with Gasteiger partial charge in [0.15, 0.2) is 0 Å². The second-order valence-electron chi connectivity index (χ2n) is 9.60. The van der Waals surface area contributed by atoms with Crippen LogP contribution in [0.1, 0.15) is 39.7 Å². The van der Waals surface area contributed by atoms with Crippen molar-refractivity contribution in [3.63, 3.8) is 0 Å². The minimum absolute atomic E-state index is 0.0957. The normalized spacial score (nSPS) is 22.1. The van der Waals surface area contributed by atoms with E-state index in [-0.39, 0.29) is 17.6 Å². The molecule has 0 aliphatic carbocycles. The average Bonchev–Trinajstić information content (AvgIpc) is 3.44. The molecule has 5 rings (SSSR count). The molecule has 4 heterocycles. The largest absolute Gasteiger partial charge is 0.376 e. The van der Waals surface area contributed by atoms with Gasteiger partial charge in [-0.3, -0.25) is 4.68 Å². The highest BCUT2D eigenvalue weighted by molar-refractivity contribution is 7.99. The van der Waals surface area contributed by atoms with E-state index in [1.165, 1.54) is 0 Å². The molecule has 0 radical (unpaired) electrons. The topological polar surface area (TPSA) is 82.1 Å². The molecule has 2 atom stereocenters. The molecule has 0 bridgehead atoms. The van der Waals surface area contributed by atoms with Crippen molar-refractivity contribution < 1.29 is 4.74 Å². The molecule has 2 saturated heterocycles. The van der Waals surface area contributed by atoms with Gasteiger partial charge in [0.05, 0.1) is 23.4 Å². The SMILES string of the molecule is CC(C)n1ccc(-c2cccc(Sc3cnc(N4CCC5(CC4)CO[C@@H](C)[C@H]5N)nc3)c2Cl)n1. The van der Waals surface area contributed by atoms with E-state index in [4.69, 9.17) is 22.1 Å². The lowest BCUT2D eigenvalue weighted by atomic mass is 9.73. The van der Waals surface area contributed by atoms with E-state index in [1.807, 2.05) is 47.5 Å². The Morgan fingerprint density at radius 3 is 2.53 bits per heavy atom. The fourth-order valence-electron chi connectivity index (χ4n) is 4.83. The Labute approximate surface area is 210 Å². The van der Waals surface area contributed by atoms with Gasteiger partial charge in [0.2, 0.25) is 5.95 Å². The van der Waals surface area contributed by atoms with Gasteiger partial charge in [-0.05, 0) is 45.7 Å². The van der Waals surface area contributed by atoms with Crippen molar-refractivity contribution in [1.82, 2.24) is 19.7 Å². The van der Waals surface area contributed by atoms with Crippen LogP contribution in [0.4, 0.5) is 5.95 Å². The summed E-state index contributed by atoms with van der Waals surface area (Å²) in [5, 5.41) is 5.36. The van der Waals surface area contributed by atoms with Crippen LogP contribution >= 0.6 is 23.4 Å². The van der Waals surface area contributed by atoms with Gasteiger partial charge in [-0.1, -0.05) is 35.5 Å². The summed E-state index contributed by atoms with van der Waals surface area (Å²) in [5.74, 6) is 0.763. The second kappa shape index (κ2) is 9.49. The predicted molar refractivity (Wildman–Crippen MR) is 136 cm³/mol. The van der Waals surface area contributed by atoms with Crippen LogP contribution in [0.15, 0.2) is 52.6 Å². The van der Waals surface area contributed by atoms with Gasteiger partial charge in [-0.15, -0.1) is 0 Å². The number of nitrogens with zero attached hydrogens (tertiary/aromatic N) is 5. The number of benzene rings is 1. The first-order valence-corrected chi connectivity index (χ1v) is 13.0. The van der Waals surface area contributed by atoms with Crippen LogP contribution in [-0.2, 0) is 4.74 Å². The highest BCUT2D eigenvalue weighted by Gasteiger charge is 2.47. The van der Waals surface area contributed by atoms with Crippen LogP contribution < -0.4 is 10.6 Å². The van der Waals surface area contributed by atoms with Gasteiger partial charge in [0.25, 0.3) is 0 Å². The minimum atomic E-state index is 0.0957. The Hall–Kier alpha value is -2.13. The van der Waals surface area contributed by atoms with Gasteiger partial charge in [-0.25, -0.2) is 9.97 Å². The van der Waals surface area contributed by atoms with Crippen molar-refractivity contribution in [1.29, 1.82) is 0 Å². The third-order valence-electron chi connectivity index (χ3n) is 7.11. The van der Waals surface area contributed by atoms with Crippen molar-refractivity contribution in [2.24, 2.45) is 11.1 Å². The number of halogens is 1. The summed E-state index contributed by atoms with van der Waals surface area (Å²) in [6.45, 7) is 8.84. The van der Waals surface area contributed by atoms with Crippen molar-refractivity contribution in [3.05, 3.63) is 47.9 Å². The van der Waals surface area contributed by atoms with Gasteiger partial charge in [0, 0.05) is 64.5 Å². The summed E-state index contributed by atoms with van der Waals surface area (Å²) in [5.41, 5.74) is 8.34. The molecule has 34 heavy (non-hydrogen) atoms. The molecule has 3 aromatic rings. The molecule has 2 aliphatic rings. The Bertz CT molecular complexity index is 1140. The Morgan fingerprint density at radius 2 is 1.91 bits per heavy atom. The molecular formula is C25H31ClN6OS. The van der Waals surface area contributed by atoms with Crippen molar-refractivity contribution in [3.8, 4) is 11.3 Å². The van der Waals surface area contributed by atoms with Crippen LogP contribution in [0, 0.1) is 5.41 Å². The quantitative estimate of drug-likeness (QED) is 0.526. The average molecular weight is 499 g/mol. The van der Waals surface area contributed by atoms with E-state index in [0.717, 1.165) is 59.5 Å². The summed E-state index contributed by atoms with van der Waals surface area (Å²) in [6.07, 6.45) is 7.89. The number of piperidine rings is 1. The van der Waals surface area contributed by atoms with Crippen LogP contribution in [0.3, 0.4) is 0 Å². The summed E-state index contributed by atoms with van der Waals surface area (Å²) in [6, 6.07) is 8.44. The Balaban J connectivity index is 1.26. The van der Waals surface area contributed by atoms with Crippen molar-refractivity contribution in [2.45, 2.75) is 61.6 Å². The highest BCUT2D eigenvalue weighted by atomic mass is 35.5. The molecular weight excluding hydrogens is 468 g/mol. The molecule has 9 heteroatoms. The molecule has 1 aromatic carbocycles. The van der Waals surface area contributed by atoms with E-state index in [2.05, 4.69) is 40.7 Å². The summed E-state index contributed by atoms with van der Waals surface area (Å²) in [7, 11) is 0. The first-order valence-electron chi connectivity index (χ1n) is 11.8. The zero-order chi connectivity index (χ0) is 23.9. The molecule has 2 fully saturated rings. The number of anilines is 1. The Morgan fingerprint density at radius 1 is 1.18 bits per heavy atom. The molecule has 0 saturated carbocycles. The molecule has 2 N–H and O–H groups in total. The molecule has 7 nitrogen and oxygen atoms in total. The van der Waals surface area contributed by atoms with E-state index in [0.29, 0.717) is 11.1 Å². The number of aromatic nitrogens is 4. The lowest BCUT2D eigenvalue weighted by Gasteiger charge is -2.41. The van der Waals surface area contributed by atoms with Gasteiger partial charge in [-0.2, -0.15) is 5.10 Å². The van der Waals surface area contributed by atoms with E-state index in [9.17, 15) is 0 Å². The van der Waals surface area contributed by atoms with E-state index >= 15 is 0 Å². The molecule has 0 unspecified atom stereocenters. The van der Waals surface area contributed by atoms with Gasteiger partial charge in [0.1, 0.15) is 0 Å². The fourth-order valence-corrected chi connectivity index (χ4v) is 5.98. The summed E-state index contributed by atoms with van der Waals surface area (Å²) in [4.78, 5) is 13.5. The maximum absolute atomic E-state index is 6.78. The van der Waals surface area contributed by atoms with Gasteiger partial charge < -0.3 is 15.4 Å². The molecule has 2 aliphatic heterocycles. The molecule has 2 aromatic heterocycles. The smallest absolute Gasteiger partial charge is 0.225 e. The fraction of sp³-hybridized carbons (Fsp3) is 0.480. The van der Waals surface area contributed by atoms with Crippen LogP contribution in [0.25, 0.3) is 11.3 Å².